The molecule has 0 saturated heterocycles. The summed E-state index contributed by atoms with van der Waals surface area (Å²) < 4.78 is 0. The highest BCUT2D eigenvalue weighted by Crippen LogP contribution is 1.81. The van der Waals surface area contributed by atoms with E-state index in [4.69, 9.17) is 0 Å². The molecule has 0 N–H and O–H groups in total. The molecule has 3 heteroatoms. The highest BCUT2D eigenvalue weighted by atomic mass is 16.4. The normalized spacial score (nSPS) is 12.7. The lowest BCUT2D eigenvalue weighted by Gasteiger charge is -2.00. The average molecular weight is 101 g/mol. The number of hydrogen-bond acceptors (Lipinski definition) is 3. The van der Waals surface area contributed by atoms with E-state index in [-0.39, 0.29) is 0 Å². The molecule has 1 unspecified atom stereocenters. The molecule has 0 aromatic carbocycles. The summed E-state index contributed by atoms with van der Waals surface area (Å²) in [5, 5.41) is 9.59. The molecule has 0 rings (SSSR count). The number of carbonyl (C=O) groups excluding carboxylic acids is 2. The molecule has 0 aromatic heterocycles. The lowest BCUT2D eigenvalue weighted by molar-refractivity contribution is -0.308. The van der Waals surface area contributed by atoms with Crippen LogP contribution in [0.5, 0.6) is 0 Å². The maximum atomic E-state index is 9.59. The minimum Gasteiger partial charge on any atom is -0.549 e. The number of aliphatic carboxylic acids is 1. The molecule has 0 heterocycles. The first kappa shape index (κ1) is 6.14. The minimum atomic E-state index is -1.32. The van der Waals surface area contributed by atoms with Crippen LogP contribution >= 0.6 is 0 Å². The Morgan fingerprint density at radius 1 is 1.86 bits per heavy atom. The third-order valence-electron chi connectivity index (χ3n) is 0.576. The Hall–Kier alpha value is -0.860. The molecule has 0 aliphatic heterocycles. The van der Waals surface area contributed by atoms with Crippen LogP contribution in [0.25, 0.3) is 0 Å². The predicted molar refractivity (Wildman–Crippen MR) is 20.2 cm³/mol. The van der Waals surface area contributed by atoms with E-state index in [0.29, 0.717) is 6.29 Å². The van der Waals surface area contributed by atoms with Crippen molar-refractivity contribution in [3.05, 3.63) is 0 Å². The van der Waals surface area contributed by atoms with E-state index in [1.807, 2.05) is 0 Å². The Morgan fingerprint density at radius 3 is 2.29 bits per heavy atom. The van der Waals surface area contributed by atoms with Crippen LogP contribution in [0.3, 0.4) is 0 Å². The Kier molecular flexibility index (Phi) is 2.05. The summed E-state index contributed by atoms with van der Waals surface area (Å²) in [6.45, 7) is 1.27. The quantitative estimate of drug-likeness (QED) is 0.316. The zero-order chi connectivity index (χ0) is 5.86. The molecule has 40 valence electrons. The van der Waals surface area contributed by atoms with Crippen LogP contribution in [0.2, 0.25) is 0 Å². The third kappa shape index (κ3) is 1.92. The summed E-state index contributed by atoms with van der Waals surface area (Å²) in [5.74, 6) is -2.30. The lowest BCUT2D eigenvalue weighted by atomic mass is 10.2. The monoisotopic (exact) mass is 101 g/mol. The Balaban J connectivity index is 3.55. The molecule has 0 aliphatic rings. The Bertz CT molecular complexity index is 86.9. The standard InChI is InChI=1S/C4H6O3/c1-3(2-5)4(6)7/h2-3H,1H3,(H,6,7)/p-1. The van der Waals surface area contributed by atoms with Crippen LogP contribution in [-0.2, 0) is 9.59 Å². The van der Waals surface area contributed by atoms with Crippen molar-refractivity contribution in [1.82, 2.24) is 0 Å². The van der Waals surface area contributed by atoms with Crippen molar-refractivity contribution in [2.45, 2.75) is 6.92 Å². The van der Waals surface area contributed by atoms with Gasteiger partial charge in [0.1, 0.15) is 6.29 Å². The van der Waals surface area contributed by atoms with Crippen LogP contribution < -0.4 is 5.11 Å². The largest absolute Gasteiger partial charge is 0.549 e. The maximum Gasteiger partial charge on any atom is 0.128 e. The summed E-state index contributed by atoms with van der Waals surface area (Å²) in [4.78, 5) is 19.1. The zero-order valence-corrected chi connectivity index (χ0v) is 3.88. The number of carboxylic acids is 1. The molecule has 7 heavy (non-hydrogen) atoms. The highest BCUT2D eigenvalue weighted by molar-refractivity contribution is 5.84. The predicted octanol–water partition coefficient (Wildman–Crippen LogP) is -1.43. The fourth-order valence-electron chi connectivity index (χ4n) is 0.0556. The second kappa shape index (κ2) is 2.34. The fraction of sp³-hybridized carbons (Fsp3) is 0.500. The maximum absolute atomic E-state index is 9.59. The molecule has 0 amide bonds. The van der Waals surface area contributed by atoms with E-state index < -0.39 is 11.9 Å². The van der Waals surface area contributed by atoms with Crippen molar-refractivity contribution in [3.63, 3.8) is 0 Å². The van der Waals surface area contributed by atoms with E-state index in [0.717, 1.165) is 0 Å². The van der Waals surface area contributed by atoms with Crippen molar-refractivity contribution < 1.29 is 14.7 Å². The molecular weight excluding hydrogens is 96.0 g/mol. The molecular formula is C4H5O3-. The topological polar surface area (TPSA) is 57.2 Å². The molecule has 0 spiro atoms. The highest BCUT2D eigenvalue weighted by Gasteiger charge is 1.95. The van der Waals surface area contributed by atoms with Crippen LogP contribution in [0, 0.1) is 5.92 Å². The summed E-state index contributed by atoms with van der Waals surface area (Å²) in [5.41, 5.74) is 0. The van der Waals surface area contributed by atoms with Crippen LogP contribution in [0.1, 0.15) is 6.92 Å². The van der Waals surface area contributed by atoms with Crippen LogP contribution in [0.4, 0.5) is 0 Å². The molecule has 0 fully saturated rings. The van der Waals surface area contributed by atoms with Gasteiger partial charge >= 0.3 is 0 Å². The van der Waals surface area contributed by atoms with Gasteiger partial charge in [0.25, 0.3) is 0 Å². The molecule has 0 aliphatic carbocycles. The van der Waals surface area contributed by atoms with E-state index >= 15 is 0 Å². The first-order valence-electron chi connectivity index (χ1n) is 1.84. The van der Waals surface area contributed by atoms with Crippen molar-refractivity contribution in [1.29, 1.82) is 0 Å². The number of carboxylic acid groups (broad SMARTS) is 1. The molecule has 0 aromatic rings. The smallest absolute Gasteiger partial charge is 0.128 e. The van der Waals surface area contributed by atoms with Gasteiger partial charge in [-0.3, -0.25) is 0 Å². The van der Waals surface area contributed by atoms with Gasteiger partial charge in [-0.1, -0.05) is 6.92 Å². The van der Waals surface area contributed by atoms with Gasteiger partial charge in [-0.2, -0.15) is 0 Å². The summed E-state index contributed by atoms with van der Waals surface area (Å²) in [7, 11) is 0. The Morgan fingerprint density at radius 2 is 2.29 bits per heavy atom. The van der Waals surface area contributed by atoms with E-state index in [2.05, 4.69) is 0 Å². The zero-order valence-electron chi connectivity index (χ0n) is 3.88. The van der Waals surface area contributed by atoms with Gasteiger partial charge in [0.15, 0.2) is 0 Å². The van der Waals surface area contributed by atoms with Gasteiger partial charge in [-0.15, -0.1) is 0 Å². The number of rotatable bonds is 2. The number of aldehydes is 1. The second-order valence-electron chi connectivity index (χ2n) is 1.24. The average Bonchev–Trinajstić information content (AvgIpc) is 1.65. The van der Waals surface area contributed by atoms with Crippen molar-refractivity contribution in [2.75, 3.05) is 0 Å². The number of hydrogen-bond donors (Lipinski definition) is 0. The minimum absolute atomic E-state index is 0.329. The van der Waals surface area contributed by atoms with Gasteiger partial charge in [0.2, 0.25) is 0 Å². The van der Waals surface area contributed by atoms with Crippen LogP contribution in [0.15, 0.2) is 0 Å². The van der Waals surface area contributed by atoms with Crippen LogP contribution in [-0.4, -0.2) is 12.3 Å². The van der Waals surface area contributed by atoms with Gasteiger partial charge in [0.05, 0.1) is 11.9 Å². The SMILES string of the molecule is CC(C=O)C(=O)[O-]. The molecule has 1 atom stereocenters. The fourth-order valence-corrected chi connectivity index (χ4v) is 0.0556. The number of carbonyl (C=O) groups is 2. The van der Waals surface area contributed by atoms with E-state index in [9.17, 15) is 14.7 Å². The van der Waals surface area contributed by atoms with Gasteiger partial charge in [-0.25, -0.2) is 0 Å². The summed E-state index contributed by atoms with van der Waals surface area (Å²) in [6.07, 6.45) is 0.329. The van der Waals surface area contributed by atoms with Gasteiger partial charge in [0, 0.05) is 0 Å². The van der Waals surface area contributed by atoms with Gasteiger partial charge in [-0.05, 0) is 0 Å². The van der Waals surface area contributed by atoms with Crippen molar-refractivity contribution in [2.24, 2.45) is 5.92 Å². The summed E-state index contributed by atoms with van der Waals surface area (Å²) in [6, 6.07) is 0. The molecule has 0 saturated carbocycles. The molecule has 0 radical (unpaired) electrons. The second-order valence-corrected chi connectivity index (χ2v) is 1.24. The van der Waals surface area contributed by atoms with Gasteiger partial charge < -0.3 is 14.7 Å². The Labute approximate surface area is 41.0 Å². The molecule has 0 bridgehead atoms. The van der Waals surface area contributed by atoms with Crippen molar-refractivity contribution in [3.8, 4) is 0 Å². The first-order chi connectivity index (χ1) is 3.18. The van der Waals surface area contributed by atoms with E-state index in [1.54, 1.807) is 0 Å². The van der Waals surface area contributed by atoms with E-state index in [1.165, 1.54) is 6.92 Å². The van der Waals surface area contributed by atoms with Crippen molar-refractivity contribution >= 4 is 12.3 Å². The first-order valence-corrected chi connectivity index (χ1v) is 1.84. The molecule has 3 nitrogen and oxygen atoms in total. The third-order valence-corrected chi connectivity index (χ3v) is 0.576. The summed E-state index contributed by atoms with van der Waals surface area (Å²) >= 11 is 0. The lowest BCUT2D eigenvalue weighted by Crippen LogP contribution is -2.30.